The number of nitrogens with zero attached hydrogens (tertiary/aromatic N) is 1. The van der Waals surface area contributed by atoms with Crippen molar-refractivity contribution in [2.75, 3.05) is 32.7 Å². The second-order valence-electron chi connectivity index (χ2n) is 20.3. The number of hydrogen-bond acceptors (Lipinski definition) is 7. The Morgan fingerprint density at radius 3 is 1.52 bits per heavy atom. The quantitative estimate of drug-likeness (QED) is 0.146. The van der Waals surface area contributed by atoms with Gasteiger partial charge in [-0.2, -0.15) is 5.10 Å². The van der Waals surface area contributed by atoms with Gasteiger partial charge in [0, 0.05) is 24.4 Å². The lowest BCUT2D eigenvalue weighted by Gasteiger charge is -2.27. The molecule has 0 saturated carbocycles. The monoisotopic (exact) mass is 712 g/mol. The first-order valence-electron chi connectivity index (χ1n) is 19.6. The molecular weight excluding hydrogens is 619 g/mol. The Morgan fingerprint density at radius 2 is 1.24 bits per heavy atom. The second-order valence-corrected chi connectivity index (χ2v) is 20.3. The number of rotatable bonds is 6. The molecule has 8 nitrogen and oxygen atoms in total. The molecule has 50 heavy (non-hydrogen) atoms. The smallest absolute Gasteiger partial charge is 0.119 e. The Labute approximate surface area is 313 Å². The van der Waals surface area contributed by atoms with Crippen LogP contribution in [0, 0.1) is 38.4 Å². The predicted molar refractivity (Wildman–Crippen MR) is 225 cm³/mol. The number of nitrogens with two attached hydrogens (primary N) is 2. The summed E-state index contributed by atoms with van der Waals surface area (Å²) in [5.74, 6) is 1.51. The van der Waals surface area contributed by atoms with E-state index in [1.54, 1.807) is 0 Å². The number of hydrogen-bond donors (Lipinski definition) is 7. The summed E-state index contributed by atoms with van der Waals surface area (Å²) in [5, 5.41) is 27.3. The fourth-order valence-corrected chi connectivity index (χ4v) is 5.19. The Kier molecular flexibility index (Phi) is 27.5. The molecule has 0 aromatic heterocycles. The van der Waals surface area contributed by atoms with Gasteiger partial charge in [0.15, 0.2) is 0 Å². The lowest BCUT2D eigenvalue weighted by atomic mass is 9.84. The van der Waals surface area contributed by atoms with E-state index in [0.29, 0.717) is 35.0 Å². The molecule has 8 heteroatoms. The van der Waals surface area contributed by atoms with Crippen LogP contribution in [0.4, 0.5) is 0 Å². The maximum atomic E-state index is 9.07. The third kappa shape index (κ3) is 34.0. The van der Waals surface area contributed by atoms with Crippen molar-refractivity contribution in [2.45, 2.75) is 194 Å². The first-order chi connectivity index (χ1) is 22.2. The highest BCUT2D eigenvalue weighted by Crippen LogP contribution is 2.27. The lowest BCUT2D eigenvalue weighted by molar-refractivity contribution is 0.0709. The number of piperidine rings is 2. The van der Waals surface area contributed by atoms with E-state index in [2.05, 4.69) is 104 Å². The fraction of sp³-hybridized carbons (Fsp3) is 0.952. The first kappa shape index (κ1) is 53.3. The van der Waals surface area contributed by atoms with E-state index in [-0.39, 0.29) is 24.4 Å². The van der Waals surface area contributed by atoms with Crippen molar-refractivity contribution in [3.05, 3.63) is 0 Å². The molecule has 0 aromatic carbocycles. The van der Waals surface area contributed by atoms with Crippen molar-refractivity contribution >= 4 is 11.5 Å². The van der Waals surface area contributed by atoms with E-state index in [1.165, 1.54) is 77.4 Å². The van der Waals surface area contributed by atoms with Gasteiger partial charge < -0.3 is 27.2 Å². The van der Waals surface area contributed by atoms with Crippen LogP contribution in [0.1, 0.15) is 182 Å². The van der Waals surface area contributed by atoms with Gasteiger partial charge in [-0.15, -0.1) is 0 Å². The first-order valence-corrected chi connectivity index (χ1v) is 19.6. The molecule has 0 aromatic rings. The van der Waals surface area contributed by atoms with E-state index in [1.807, 2.05) is 20.8 Å². The van der Waals surface area contributed by atoms with E-state index in [0.717, 1.165) is 30.6 Å². The molecule has 0 aliphatic carbocycles. The van der Waals surface area contributed by atoms with Gasteiger partial charge in [0.25, 0.3) is 0 Å². The summed E-state index contributed by atoms with van der Waals surface area (Å²) in [5.41, 5.74) is 15.8. The summed E-state index contributed by atoms with van der Waals surface area (Å²) in [4.78, 5) is 0. The van der Waals surface area contributed by atoms with Crippen LogP contribution in [0.5, 0.6) is 0 Å². The van der Waals surface area contributed by atoms with Crippen molar-refractivity contribution in [1.29, 1.82) is 5.41 Å². The van der Waals surface area contributed by atoms with Crippen LogP contribution in [0.3, 0.4) is 0 Å². The van der Waals surface area contributed by atoms with Gasteiger partial charge in [0.05, 0.1) is 11.8 Å². The number of aliphatic hydroxyl groups is 1. The Morgan fingerprint density at radius 1 is 0.740 bits per heavy atom. The number of nitrogens with one attached hydrogen (secondary N) is 4. The summed E-state index contributed by atoms with van der Waals surface area (Å²) >= 11 is 0. The highest BCUT2D eigenvalue weighted by atomic mass is 16.3. The summed E-state index contributed by atoms with van der Waals surface area (Å²) in [6, 6.07) is 0.818. The molecule has 0 bridgehead atoms. The SMILES string of the molecule is C.CC(C)(C)C(O)CN.CC(C)(C)C1=NNC(=N)C1.CC(C)(C)CCC1CCCCN1.CC(C)(C)CCC1CCNCC1.CC(C)(C)CCN. The molecule has 3 heterocycles. The average Bonchev–Trinajstić information content (AvgIpc) is 3.42. The Bertz CT molecular complexity index is 823. The molecule has 2 fully saturated rings. The van der Waals surface area contributed by atoms with Crippen molar-refractivity contribution in [1.82, 2.24) is 16.1 Å². The van der Waals surface area contributed by atoms with Crippen molar-refractivity contribution in [2.24, 2.45) is 49.6 Å². The number of amidine groups is 1. The van der Waals surface area contributed by atoms with Gasteiger partial charge in [0.1, 0.15) is 5.84 Å². The molecule has 2 saturated heterocycles. The van der Waals surface area contributed by atoms with Gasteiger partial charge in [-0.05, 0) is 112 Å². The molecule has 0 amide bonds. The minimum Gasteiger partial charge on any atom is -0.391 e. The van der Waals surface area contributed by atoms with Gasteiger partial charge in [-0.3, -0.25) is 10.8 Å². The van der Waals surface area contributed by atoms with E-state index in [4.69, 9.17) is 22.0 Å². The normalized spacial score (nSPS) is 19.3. The molecule has 0 radical (unpaired) electrons. The maximum Gasteiger partial charge on any atom is 0.119 e. The zero-order valence-corrected chi connectivity index (χ0v) is 35.6. The largest absolute Gasteiger partial charge is 0.391 e. The minimum absolute atomic E-state index is 0. The summed E-state index contributed by atoms with van der Waals surface area (Å²) in [7, 11) is 0. The molecule has 3 aliphatic heterocycles. The van der Waals surface area contributed by atoms with Gasteiger partial charge in [0.2, 0.25) is 0 Å². The highest BCUT2D eigenvalue weighted by molar-refractivity contribution is 6.08. The Balaban J connectivity index is -0.000000558. The standard InChI is InChI=1S/2C11H23N.C7H13N3.C6H15NO.C6H15N.CH4/c1-11(2,3)7-4-10-5-8-12-9-6-10;1-11(2,3)8-7-10-6-4-5-9-12-10;1-7(2,3)5-4-6(8)10-9-5;1-6(2,3)5(8)4-7;1-6(2,3)4-5-7;/h2*10,12H,4-9H2,1-3H3;4H2,1-3H3,(H2,8,10);5,8H,4,7H2,1-3H3;4-5,7H2,1-3H3;1H4. The molecule has 9 N–H and O–H groups in total. The summed E-state index contributed by atoms with van der Waals surface area (Å²) in [6.07, 6.45) is 14.0. The van der Waals surface area contributed by atoms with Gasteiger partial charge >= 0.3 is 0 Å². The molecule has 302 valence electrons. The van der Waals surface area contributed by atoms with Crippen molar-refractivity contribution < 1.29 is 5.11 Å². The van der Waals surface area contributed by atoms with Gasteiger partial charge in [-0.1, -0.05) is 118 Å². The van der Waals surface area contributed by atoms with Gasteiger partial charge in [-0.25, -0.2) is 0 Å². The van der Waals surface area contributed by atoms with Crippen LogP contribution in [0.25, 0.3) is 0 Å². The zero-order chi connectivity index (χ0) is 38.5. The zero-order valence-electron chi connectivity index (χ0n) is 35.6. The van der Waals surface area contributed by atoms with E-state index >= 15 is 0 Å². The third-order valence-corrected chi connectivity index (χ3v) is 9.07. The van der Waals surface area contributed by atoms with Crippen LogP contribution in [-0.2, 0) is 0 Å². The maximum absolute atomic E-state index is 9.07. The molecule has 0 spiro atoms. The van der Waals surface area contributed by atoms with Crippen LogP contribution in [0.15, 0.2) is 5.10 Å². The molecule has 3 aliphatic rings. The summed E-state index contributed by atoms with van der Waals surface area (Å²) in [6.45, 7) is 37.7. The molecule has 2 atom stereocenters. The second kappa shape index (κ2) is 25.8. The number of aliphatic hydroxyl groups excluding tert-OH is 1. The van der Waals surface area contributed by atoms with Crippen molar-refractivity contribution in [3.63, 3.8) is 0 Å². The molecule has 3 rings (SSSR count). The lowest BCUT2D eigenvalue weighted by Crippen LogP contribution is -2.34. The van der Waals surface area contributed by atoms with E-state index in [9.17, 15) is 0 Å². The fourth-order valence-electron chi connectivity index (χ4n) is 5.19. The van der Waals surface area contributed by atoms with Crippen LogP contribution in [-0.4, -0.2) is 61.5 Å². The molecule has 2 unspecified atom stereocenters. The Hall–Kier alpha value is -1.06. The summed E-state index contributed by atoms with van der Waals surface area (Å²) < 4.78 is 0. The van der Waals surface area contributed by atoms with E-state index < -0.39 is 0 Å². The third-order valence-electron chi connectivity index (χ3n) is 9.07. The van der Waals surface area contributed by atoms with Crippen LogP contribution >= 0.6 is 0 Å². The highest BCUT2D eigenvalue weighted by Gasteiger charge is 2.24. The molecular formula is C42H93N7O. The average molecular weight is 712 g/mol. The number of hydrazone groups is 1. The topological polar surface area (TPSA) is 145 Å². The van der Waals surface area contributed by atoms with Crippen LogP contribution < -0.4 is 27.5 Å². The van der Waals surface area contributed by atoms with Crippen LogP contribution in [0.2, 0.25) is 0 Å². The predicted octanol–water partition coefficient (Wildman–Crippen LogP) is 9.50. The minimum atomic E-state index is -0.373. The van der Waals surface area contributed by atoms with Crippen molar-refractivity contribution in [3.8, 4) is 0 Å².